The zero-order valence-electron chi connectivity index (χ0n) is 12.2. The number of benzene rings is 2. The van der Waals surface area contributed by atoms with Crippen LogP contribution in [0.3, 0.4) is 0 Å². The predicted molar refractivity (Wildman–Crippen MR) is 88.4 cm³/mol. The number of rotatable bonds is 5. The molecule has 0 aliphatic rings. The molecule has 0 aliphatic carbocycles. The quantitative estimate of drug-likeness (QED) is 0.495. The van der Waals surface area contributed by atoms with Crippen LogP contribution in [0.25, 0.3) is 6.08 Å². The Labute approximate surface area is 129 Å². The molecule has 0 amide bonds. The first-order valence-electron chi connectivity index (χ1n) is 6.72. The van der Waals surface area contributed by atoms with Crippen LogP contribution in [0.15, 0.2) is 61.2 Å². The minimum atomic E-state index is -0.468. The van der Waals surface area contributed by atoms with Gasteiger partial charge in [0.15, 0.2) is 0 Å². The highest BCUT2D eigenvalue weighted by Gasteiger charge is 2.13. The zero-order chi connectivity index (χ0) is 15.9. The molecule has 0 aliphatic heterocycles. The van der Waals surface area contributed by atoms with Crippen molar-refractivity contribution in [1.29, 1.82) is 0 Å². The Morgan fingerprint density at radius 1 is 1.27 bits per heavy atom. The summed E-state index contributed by atoms with van der Waals surface area (Å²) in [5, 5.41) is 13.4. The van der Waals surface area contributed by atoms with Crippen LogP contribution >= 0.6 is 0 Å². The van der Waals surface area contributed by atoms with E-state index in [-0.39, 0.29) is 5.75 Å². The largest absolute Gasteiger partial charge is 0.505 e. The number of allylic oxidation sites excluding steroid dienone is 2. The third kappa shape index (κ3) is 3.55. The van der Waals surface area contributed by atoms with Gasteiger partial charge in [0.05, 0.1) is 18.4 Å². The molecule has 0 fully saturated rings. The van der Waals surface area contributed by atoms with Gasteiger partial charge < -0.3 is 15.2 Å². The third-order valence-corrected chi connectivity index (χ3v) is 3.03. The highest BCUT2D eigenvalue weighted by atomic mass is 16.5. The molecule has 0 saturated carbocycles. The van der Waals surface area contributed by atoms with Gasteiger partial charge in [-0.2, -0.15) is 0 Å². The summed E-state index contributed by atoms with van der Waals surface area (Å²) in [7, 11) is 1.32. The van der Waals surface area contributed by atoms with Crippen LogP contribution < -0.4 is 5.32 Å². The molecule has 0 bridgehead atoms. The summed E-state index contributed by atoms with van der Waals surface area (Å²) in [6.45, 7) is 3.59. The van der Waals surface area contributed by atoms with Gasteiger partial charge in [-0.25, -0.2) is 4.79 Å². The van der Waals surface area contributed by atoms with Crippen LogP contribution in [0, 0.1) is 0 Å². The highest BCUT2D eigenvalue weighted by molar-refractivity contribution is 5.93. The Kier molecular flexibility index (Phi) is 4.98. The minimum Gasteiger partial charge on any atom is -0.505 e. The van der Waals surface area contributed by atoms with Crippen LogP contribution in [0.4, 0.5) is 11.4 Å². The maximum atomic E-state index is 11.8. The molecule has 2 rings (SSSR count). The second-order valence-electron chi connectivity index (χ2n) is 4.54. The predicted octanol–water partition coefficient (Wildman–Crippen LogP) is 4.12. The topological polar surface area (TPSA) is 58.6 Å². The number of para-hydroxylation sites is 1. The lowest BCUT2D eigenvalue weighted by Crippen LogP contribution is -2.03. The first-order chi connectivity index (χ1) is 10.7. The lowest BCUT2D eigenvalue weighted by Gasteiger charge is -2.12. The molecule has 2 N–H and O–H groups in total. The van der Waals surface area contributed by atoms with Crippen molar-refractivity contribution in [3.63, 3.8) is 0 Å². The second-order valence-corrected chi connectivity index (χ2v) is 4.54. The van der Waals surface area contributed by atoms with Crippen molar-refractivity contribution in [3.05, 3.63) is 72.3 Å². The number of carbonyl (C=O) groups is 1. The number of aromatic hydroxyl groups is 1. The SMILES string of the molecule is C=C/C=C\c1cc(C(=O)OC)cc(Nc2ccccc2)c1O. The lowest BCUT2D eigenvalue weighted by atomic mass is 10.1. The van der Waals surface area contributed by atoms with Crippen molar-refractivity contribution in [2.75, 3.05) is 12.4 Å². The molecule has 2 aromatic rings. The smallest absolute Gasteiger partial charge is 0.337 e. The second kappa shape index (κ2) is 7.13. The maximum absolute atomic E-state index is 11.8. The van der Waals surface area contributed by atoms with Crippen LogP contribution in [-0.4, -0.2) is 18.2 Å². The number of anilines is 2. The molecular weight excluding hydrogens is 278 g/mol. The van der Waals surface area contributed by atoms with Crippen molar-refractivity contribution in [1.82, 2.24) is 0 Å². The van der Waals surface area contributed by atoms with Gasteiger partial charge in [-0.05, 0) is 24.3 Å². The molecule has 0 heterocycles. The van der Waals surface area contributed by atoms with E-state index in [2.05, 4.69) is 11.9 Å². The average molecular weight is 295 g/mol. The van der Waals surface area contributed by atoms with Crippen molar-refractivity contribution >= 4 is 23.4 Å². The Morgan fingerprint density at radius 2 is 2.00 bits per heavy atom. The summed E-state index contributed by atoms with van der Waals surface area (Å²) in [6.07, 6.45) is 4.95. The zero-order valence-corrected chi connectivity index (χ0v) is 12.2. The number of hydrogen-bond acceptors (Lipinski definition) is 4. The summed E-state index contributed by atoms with van der Waals surface area (Å²) in [4.78, 5) is 11.8. The van der Waals surface area contributed by atoms with E-state index in [1.54, 1.807) is 30.4 Å². The fraction of sp³-hybridized carbons (Fsp3) is 0.0556. The Balaban J connectivity index is 2.48. The highest BCUT2D eigenvalue weighted by Crippen LogP contribution is 2.33. The lowest BCUT2D eigenvalue weighted by molar-refractivity contribution is 0.0600. The van der Waals surface area contributed by atoms with Crippen molar-refractivity contribution < 1.29 is 14.6 Å². The fourth-order valence-electron chi connectivity index (χ4n) is 1.96. The van der Waals surface area contributed by atoms with Crippen LogP contribution in [0.1, 0.15) is 15.9 Å². The first-order valence-corrected chi connectivity index (χ1v) is 6.72. The number of nitrogens with one attached hydrogen (secondary N) is 1. The molecule has 2 aromatic carbocycles. The molecule has 0 aromatic heterocycles. The Hall–Kier alpha value is -3.01. The standard InChI is InChI=1S/C18H17NO3/c1-3-4-8-13-11-14(18(21)22-2)12-16(17(13)20)19-15-9-6-5-7-10-15/h3-12,19-20H,1H2,2H3/b8-4-. The maximum Gasteiger partial charge on any atom is 0.337 e. The first kappa shape index (κ1) is 15.4. The van der Waals surface area contributed by atoms with Gasteiger partial charge in [-0.15, -0.1) is 0 Å². The number of phenols is 1. The molecule has 0 radical (unpaired) electrons. The Morgan fingerprint density at radius 3 is 2.64 bits per heavy atom. The molecule has 0 spiro atoms. The summed E-state index contributed by atoms with van der Waals surface area (Å²) >= 11 is 0. The van der Waals surface area contributed by atoms with Gasteiger partial charge in [0, 0.05) is 11.3 Å². The van der Waals surface area contributed by atoms with Crippen LogP contribution in [-0.2, 0) is 4.74 Å². The van der Waals surface area contributed by atoms with Gasteiger partial charge >= 0.3 is 5.97 Å². The fourth-order valence-corrected chi connectivity index (χ4v) is 1.96. The van der Waals surface area contributed by atoms with Crippen molar-refractivity contribution in [2.45, 2.75) is 0 Å². The number of ether oxygens (including phenoxy) is 1. The average Bonchev–Trinajstić information content (AvgIpc) is 2.55. The molecular formula is C18H17NO3. The molecule has 4 heteroatoms. The number of phenolic OH excluding ortho intramolecular Hbond substituents is 1. The van der Waals surface area contributed by atoms with Gasteiger partial charge in [0.2, 0.25) is 0 Å². The minimum absolute atomic E-state index is 0.0506. The van der Waals surface area contributed by atoms with Gasteiger partial charge in [0.25, 0.3) is 0 Å². The van der Waals surface area contributed by atoms with Crippen LogP contribution in [0.5, 0.6) is 5.75 Å². The number of hydrogen-bond donors (Lipinski definition) is 2. The van der Waals surface area contributed by atoms with E-state index in [0.717, 1.165) is 5.69 Å². The van der Waals surface area contributed by atoms with E-state index in [1.807, 2.05) is 30.3 Å². The van der Waals surface area contributed by atoms with Gasteiger partial charge in [-0.3, -0.25) is 0 Å². The van der Waals surface area contributed by atoms with Crippen molar-refractivity contribution in [3.8, 4) is 5.75 Å². The molecule has 0 unspecified atom stereocenters. The normalized spacial score (nSPS) is 10.4. The number of esters is 1. The summed E-state index contributed by atoms with van der Waals surface area (Å²) in [5.41, 5.74) is 2.08. The van der Waals surface area contributed by atoms with Gasteiger partial charge in [0.1, 0.15) is 5.75 Å². The summed E-state index contributed by atoms with van der Waals surface area (Å²) < 4.78 is 4.75. The van der Waals surface area contributed by atoms with E-state index in [0.29, 0.717) is 16.8 Å². The van der Waals surface area contributed by atoms with Crippen molar-refractivity contribution in [2.24, 2.45) is 0 Å². The number of carbonyl (C=O) groups excluding carboxylic acids is 1. The van der Waals surface area contributed by atoms with Gasteiger partial charge in [-0.1, -0.05) is 43.0 Å². The van der Waals surface area contributed by atoms with E-state index in [9.17, 15) is 9.90 Å². The van der Waals surface area contributed by atoms with E-state index in [1.165, 1.54) is 7.11 Å². The van der Waals surface area contributed by atoms with E-state index < -0.39 is 5.97 Å². The van der Waals surface area contributed by atoms with Crippen LogP contribution in [0.2, 0.25) is 0 Å². The third-order valence-electron chi connectivity index (χ3n) is 3.03. The van der Waals surface area contributed by atoms with E-state index in [4.69, 9.17) is 4.74 Å². The van der Waals surface area contributed by atoms with E-state index >= 15 is 0 Å². The molecule has 0 atom stereocenters. The molecule has 0 saturated heterocycles. The molecule has 22 heavy (non-hydrogen) atoms. The Bertz CT molecular complexity index is 706. The monoisotopic (exact) mass is 295 g/mol. The molecule has 112 valence electrons. The molecule has 4 nitrogen and oxygen atoms in total. The summed E-state index contributed by atoms with van der Waals surface area (Å²) in [5.74, 6) is -0.418. The number of methoxy groups -OCH3 is 1. The summed E-state index contributed by atoms with van der Waals surface area (Å²) in [6, 6.07) is 12.5.